The Morgan fingerprint density at radius 2 is 2.40 bits per heavy atom. The van der Waals surface area contributed by atoms with Crippen molar-refractivity contribution >= 4 is 5.91 Å². The molecule has 1 atom stereocenters. The molecule has 0 bridgehead atoms. The van der Waals surface area contributed by atoms with Crippen LogP contribution in [0.1, 0.15) is 28.4 Å². The Kier molecular flexibility index (Phi) is 3.30. The summed E-state index contributed by atoms with van der Waals surface area (Å²) in [7, 11) is 1.79. The van der Waals surface area contributed by atoms with Crippen LogP contribution in [0.3, 0.4) is 0 Å². The van der Waals surface area contributed by atoms with Crippen molar-refractivity contribution in [1.82, 2.24) is 24.6 Å². The van der Waals surface area contributed by atoms with E-state index in [4.69, 9.17) is 0 Å². The lowest BCUT2D eigenvalue weighted by atomic mass is 9.98. The Hall–Kier alpha value is -2.11. The fraction of sp³-hybridized carbons (Fsp3) is 0.500. The van der Waals surface area contributed by atoms with Crippen molar-refractivity contribution in [2.24, 2.45) is 13.0 Å². The monoisotopic (exact) mass is 273 g/mol. The fourth-order valence-corrected chi connectivity index (χ4v) is 2.74. The van der Waals surface area contributed by atoms with Crippen LogP contribution in [0.5, 0.6) is 0 Å². The molecule has 0 saturated heterocycles. The van der Waals surface area contributed by atoms with Crippen molar-refractivity contribution in [1.29, 1.82) is 0 Å². The Morgan fingerprint density at radius 1 is 1.55 bits per heavy atom. The average molecular weight is 273 g/mol. The maximum absolute atomic E-state index is 12.1. The quantitative estimate of drug-likeness (QED) is 0.904. The fourth-order valence-electron chi connectivity index (χ4n) is 2.74. The Morgan fingerprint density at radius 3 is 3.15 bits per heavy atom. The van der Waals surface area contributed by atoms with Gasteiger partial charge in [-0.3, -0.25) is 9.48 Å². The highest BCUT2D eigenvalue weighted by Crippen LogP contribution is 2.18. The molecule has 0 unspecified atom stereocenters. The van der Waals surface area contributed by atoms with E-state index in [1.54, 1.807) is 11.7 Å². The lowest BCUT2D eigenvalue weighted by Crippen LogP contribution is -2.34. The number of nitrogens with one attached hydrogen (secondary N) is 1. The predicted molar refractivity (Wildman–Crippen MR) is 74.3 cm³/mol. The molecule has 0 aliphatic carbocycles. The van der Waals surface area contributed by atoms with E-state index >= 15 is 0 Å². The number of hydrogen-bond donors (Lipinski definition) is 1. The third-order valence-corrected chi connectivity index (χ3v) is 3.84. The van der Waals surface area contributed by atoms with Crippen LogP contribution in [0.25, 0.3) is 0 Å². The van der Waals surface area contributed by atoms with Gasteiger partial charge in [0.15, 0.2) is 0 Å². The van der Waals surface area contributed by atoms with E-state index in [9.17, 15) is 4.79 Å². The van der Waals surface area contributed by atoms with Crippen molar-refractivity contribution in [3.63, 3.8) is 0 Å². The molecule has 3 heterocycles. The smallest absolute Gasteiger partial charge is 0.269 e. The SMILES string of the molecule is Cc1cc(C(=O)NC[C@H]2CCn3ccnc3C2)n(C)n1. The molecule has 106 valence electrons. The van der Waals surface area contributed by atoms with E-state index in [-0.39, 0.29) is 5.91 Å². The molecule has 1 N–H and O–H groups in total. The second-order valence-electron chi connectivity index (χ2n) is 5.40. The highest BCUT2D eigenvalue weighted by Gasteiger charge is 2.20. The van der Waals surface area contributed by atoms with Crippen LogP contribution >= 0.6 is 0 Å². The first-order valence-corrected chi connectivity index (χ1v) is 6.92. The Balaban J connectivity index is 1.58. The number of hydrogen-bond acceptors (Lipinski definition) is 3. The number of aromatic nitrogens is 4. The summed E-state index contributed by atoms with van der Waals surface area (Å²) in [6.45, 7) is 3.56. The van der Waals surface area contributed by atoms with Crippen LogP contribution < -0.4 is 5.32 Å². The summed E-state index contributed by atoms with van der Waals surface area (Å²) in [5, 5.41) is 7.20. The molecule has 1 aliphatic heterocycles. The predicted octanol–water partition coefficient (Wildman–Crippen LogP) is 0.917. The van der Waals surface area contributed by atoms with E-state index in [2.05, 4.69) is 20.0 Å². The molecule has 1 aliphatic rings. The van der Waals surface area contributed by atoms with Gasteiger partial charge in [-0.25, -0.2) is 4.98 Å². The molecular weight excluding hydrogens is 254 g/mol. The summed E-state index contributed by atoms with van der Waals surface area (Å²) in [4.78, 5) is 16.5. The van der Waals surface area contributed by atoms with Crippen LogP contribution in [0.4, 0.5) is 0 Å². The molecule has 2 aromatic rings. The molecule has 6 nitrogen and oxygen atoms in total. The van der Waals surface area contributed by atoms with Gasteiger partial charge in [0.2, 0.25) is 0 Å². The van der Waals surface area contributed by atoms with Crippen molar-refractivity contribution in [2.45, 2.75) is 26.3 Å². The van der Waals surface area contributed by atoms with Crippen molar-refractivity contribution in [3.8, 4) is 0 Å². The lowest BCUT2D eigenvalue weighted by Gasteiger charge is -2.23. The summed E-state index contributed by atoms with van der Waals surface area (Å²) in [6.07, 6.45) is 5.86. The van der Waals surface area contributed by atoms with Gasteiger partial charge >= 0.3 is 0 Å². The molecule has 2 aromatic heterocycles. The van der Waals surface area contributed by atoms with Crippen LogP contribution in [-0.2, 0) is 20.0 Å². The maximum atomic E-state index is 12.1. The normalized spacial score (nSPS) is 17.8. The lowest BCUT2D eigenvalue weighted by molar-refractivity contribution is 0.0935. The maximum Gasteiger partial charge on any atom is 0.269 e. The van der Waals surface area contributed by atoms with Gasteiger partial charge in [0.25, 0.3) is 5.91 Å². The van der Waals surface area contributed by atoms with Crippen molar-refractivity contribution in [3.05, 3.63) is 35.7 Å². The topological polar surface area (TPSA) is 64.7 Å². The average Bonchev–Trinajstić information content (AvgIpc) is 3.01. The standard InChI is InChI=1S/C14H19N5O/c1-10-7-12(18(2)17-10)14(20)16-9-11-3-5-19-6-4-15-13(19)8-11/h4,6-7,11H,3,5,8-9H2,1-2H3,(H,16,20)/t11-/m0/s1. The number of amides is 1. The highest BCUT2D eigenvalue weighted by atomic mass is 16.2. The zero-order chi connectivity index (χ0) is 14.1. The number of fused-ring (bicyclic) bond motifs is 1. The van der Waals surface area contributed by atoms with E-state index in [1.807, 2.05) is 25.4 Å². The van der Waals surface area contributed by atoms with Crippen LogP contribution in [0, 0.1) is 12.8 Å². The van der Waals surface area contributed by atoms with Gasteiger partial charge in [-0.1, -0.05) is 0 Å². The van der Waals surface area contributed by atoms with Gasteiger partial charge in [-0.15, -0.1) is 0 Å². The van der Waals surface area contributed by atoms with Crippen LogP contribution in [0.2, 0.25) is 0 Å². The molecule has 3 rings (SSSR count). The minimum Gasteiger partial charge on any atom is -0.350 e. The summed E-state index contributed by atoms with van der Waals surface area (Å²) in [5.41, 5.74) is 1.47. The summed E-state index contributed by atoms with van der Waals surface area (Å²) >= 11 is 0. The largest absolute Gasteiger partial charge is 0.350 e. The molecule has 0 spiro atoms. The number of imidazole rings is 1. The van der Waals surface area contributed by atoms with Gasteiger partial charge < -0.3 is 9.88 Å². The van der Waals surface area contributed by atoms with Crippen molar-refractivity contribution < 1.29 is 4.79 Å². The van der Waals surface area contributed by atoms with E-state index in [0.717, 1.165) is 30.9 Å². The summed E-state index contributed by atoms with van der Waals surface area (Å²) in [5.74, 6) is 1.53. The molecule has 0 fully saturated rings. The number of rotatable bonds is 3. The van der Waals surface area contributed by atoms with E-state index in [0.29, 0.717) is 18.2 Å². The number of nitrogens with zero attached hydrogens (tertiary/aromatic N) is 4. The first-order valence-electron chi connectivity index (χ1n) is 6.92. The summed E-state index contributed by atoms with van der Waals surface area (Å²) < 4.78 is 3.81. The van der Waals surface area contributed by atoms with Crippen LogP contribution in [0.15, 0.2) is 18.5 Å². The number of aryl methyl sites for hydroxylation is 3. The number of carbonyl (C=O) groups is 1. The molecule has 0 radical (unpaired) electrons. The second-order valence-corrected chi connectivity index (χ2v) is 5.40. The third kappa shape index (κ3) is 2.45. The highest BCUT2D eigenvalue weighted by molar-refractivity contribution is 5.92. The molecule has 0 saturated carbocycles. The van der Waals surface area contributed by atoms with Gasteiger partial charge in [-0.2, -0.15) is 5.10 Å². The van der Waals surface area contributed by atoms with Gasteiger partial charge in [0, 0.05) is 39.0 Å². The first kappa shape index (κ1) is 12.9. The second kappa shape index (κ2) is 5.11. The van der Waals surface area contributed by atoms with E-state index < -0.39 is 0 Å². The molecule has 6 heteroatoms. The van der Waals surface area contributed by atoms with Crippen LogP contribution in [-0.4, -0.2) is 31.8 Å². The van der Waals surface area contributed by atoms with E-state index in [1.165, 1.54) is 0 Å². The number of carbonyl (C=O) groups excluding carboxylic acids is 1. The summed E-state index contributed by atoms with van der Waals surface area (Å²) in [6, 6.07) is 1.81. The zero-order valence-corrected chi connectivity index (χ0v) is 11.8. The zero-order valence-electron chi connectivity index (χ0n) is 11.8. The molecule has 1 amide bonds. The molecule has 0 aromatic carbocycles. The molecular formula is C14H19N5O. The van der Waals surface area contributed by atoms with Gasteiger partial charge in [-0.05, 0) is 25.3 Å². The Bertz CT molecular complexity index is 627. The minimum absolute atomic E-state index is 0.0537. The van der Waals surface area contributed by atoms with Gasteiger partial charge in [0.05, 0.1) is 5.69 Å². The van der Waals surface area contributed by atoms with Gasteiger partial charge in [0.1, 0.15) is 11.5 Å². The minimum atomic E-state index is -0.0537. The van der Waals surface area contributed by atoms with Crippen molar-refractivity contribution in [2.75, 3.05) is 6.54 Å². The molecule has 20 heavy (non-hydrogen) atoms. The first-order chi connectivity index (χ1) is 9.63. The Labute approximate surface area is 117 Å². The third-order valence-electron chi connectivity index (χ3n) is 3.84.